The molecule has 7 nitrogen and oxygen atoms in total. The molecule has 1 N–H and O–H groups in total. The van der Waals surface area contributed by atoms with Gasteiger partial charge in [0.2, 0.25) is 11.0 Å². The normalized spacial score (nSPS) is 14.7. The Morgan fingerprint density at radius 3 is 2.79 bits per heavy atom. The van der Waals surface area contributed by atoms with Gasteiger partial charge in [-0.25, -0.2) is 0 Å². The van der Waals surface area contributed by atoms with Crippen LogP contribution in [0, 0.1) is 0 Å². The van der Waals surface area contributed by atoms with Gasteiger partial charge in [-0.15, -0.1) is 10.2 Å². The highest BCUT2D eigenvalue weighted by molar-refractivity contribution is 9.10. The number of hydrogen-bond donors (Lipinski definition) is 1. The van der Waals surface area contributed by atoms with Crippen molar-refractivity contribution in [3.8, 4) is 28.6 Å². The maximum atomic E-state index is 6.26. The zero-order valence-electron chi connectivity index (χ0n) is 16.1. The lowest BCUT2D eigenvalue weighted by Gasteiger charge is -2.20. The first-order valence-electron chi connectivity index (χ1n) is 8.95. The third kappa shape index (κ3) is 3.97. The average molecular weight is 475 g/mol. The van der Waals surface area contributed by atoms with E-state index in [1.54, 1.807) is 7.11 Å². The van der Waals surface area contributed by atoms with Crippen LogP contribution in [0.5, 0.6) is 17.4 Å². The molecular weight excluding hydrogens is 456 g/mol. The van der Waals surface area contributed by atoms with Crippen molar-refractivity contribution in [1.82, 2.24) is 15.2 Å². The number of nitrogens with zero attached hydrogens (tertiary/aromatic N) is 3. The van der Waals surface area contributed by atoms with Gasteiger partial charge in [0.25, 0.3) is 0 Å². The van der Waals surface area contributed by atoms with Gasteiger partial charge in [-0.3, -0.25) is 0 Å². The highest BCUT2D eigenvalue weighted by Gasteiger charge is 2.27. The molecule has 2 heterocycles. The summed E-state index contributed by atoms with van der Waals surface area (Å²) in [4.78, 5) is 4.54. The maximum absolute atomic E-state index is 6.26. The molecule has 9 heteroatoms. The van der Waals surface area contributed by atoms with Crippen molar-refractivity contribution in [1.29, 1.82) is 0 Å². The number of rotatable bonds is 5. The molecule has 1 unspecified atom stereocenters. The van der Waals surface area contributed by atoms with E-state index in [1.165, 1.54) is 11.8 Å². The Morgan fingerprint density at radius 2 is 2.03 bits per heavy atom. The van der Waals surface area contributed by atoms with E-state index in [-0.39, 0.29) is 0 Å². The highest BCUT2D eigenvalue weighted by Crippen LogP contribution is 2.41. The van der Waals surface area contributed by atoms with Gasteiger partial charge >= 0.3 is 0 Å². The molecule has 1 aromatic heterocycles. The lowest BCUT2D eigenvalue weighted by Crippen LogP contribution is -2.17. The van der Waals surface area contributed by atoms with E-state index in [0.717, 1.165) is 21.3 Å². The molecule has 29 heavy (non-hydrogen) atoms. The van der Waals surface area contributed by atoms with E-state index in [1.807, 2.05) is 49.6 Å². The quantitative estimate of drug-likeness (QED) is 0.521. The van der Waals surface area contributed by atoms with Crippen LogP contribution in [-0.2, 0) is 0 Å². The molecule has 0 spiro atoms. The number of nitrogens with one attached hydrogen (secondary N) is 1. The minimum absolute atomic E-state index is 0.424. The van der Waals surface area contributed by atoms with Crippen molar-refractivity contribution in [3.05, 3.63) is 46.4 Å². The molecule has 3 aromatic rings. The van der Waals surface area contributed by atoms with Gasteiger partial charge in [0.1, 0.15) is 0 Å². The van der Waals surface area contributed by atoms with Gasteiger partial charge in [0.05, 0.1) is 13.7 Å². The van der Waals surface area contributed by atoms with E-state index in [0.29, 0.717) is 34.8 Å². The number of thioether (sulfide) groups is 1. The Hall–Kier alpha value is -2.52. The predicted molar refractivity (Wildman–Crippen MR) is 116 cm³/mol. The largest absolute Gasteiger partial charge is 0.493 e. The molecule has 0 amide bonds. The smallest absolute Gasteiger partial charge is 0.247 e. The molecule has 0 fully saturated rings. The maximum Gasteiger partial charge on any atom is 0.247 e. The fourth-order valence-electron chi connectivity index (χ4n) is 3.03. The molecule has 1 atom stereocenters. The van der Waals surface area contributed by atoms with Crippen LogP contribution in [0.2, 0.25) is 0 Å². The lowest BCUT2D eigenvalue weighted by atomic mass is 10.1. The summed E-state index contributed by atoms with van der Waals surface area (Å²) in [5.41, 5.74) is 3.20. The van der Waals surface area contributed by atoms with Crippen LogP contribution in [0.15, 0.2) is 46.0 Å². The number of ether oxygens (including phenoxy) is 3. The fourth-order valence-corrected chi connectivity index (χ4v) is 3.69. The Bertz CT molecular complexity index is 1050. The molecule has 0 saturated carbocycles. The summed E-state index contributed by atoms with van der Waals surface area (Å²) in [5, 5.41) is 12.5. The van der Waals surface area contributed by atoms with Gasteiger partial charge in [0.15, 0.2) is 23.4 Å². The van der Waals surface area contributed by atoms with Crippen LogP contribution in [-0.4, -0.2) is 35.2 Å². The molecule has 1 aliphatic rings. The molecule has 0 bridgehead atoms. The van der Waals surface area contributed by atoms with Gasteiger partial charge < -0.3 is 19.5 Å². The van der Waals surface area contributed by atoms with Crippen molar-refractivity contribution in [2.24, 2.45) is 0 Å². The first-order valence-corrected chi connectivity index (χ1v) is 11.0. The van der Waals surface area contributed by atoms with Crippen molar-refractivity contribution in [3.63, 3.8) is 0 Å². The number of halogens is 1. The van der Waals surface area contributed by atoms with Crippen LogP contribution in [0.25, 0.3) is 11.3 Å². The number of anilines is 1. The Balaban J connectivity index is 1.82. The van der Waals surface area contributed by atoms with Crippen LogP contribution in [0.1, 0.15) is 18.7 Å². The summed E-state index contributed by atoms with van der Waals surface area (Å²) < 4.78 is 18.3. The number of methoxy groups -OCH3 is 1. The number of aromatic nitrogens is 3. The summed E-state index contributed by atoms with van der Waals surface area (Å²) in [6.45, 7) is 2.47. The van der Waals surface area contributed by atoms with Crippen LogP contribution in [0.4, 0.5) is 5.69 Å². The molecule has 150 valence electrons. The van der Waals surface area contributed by atoms with Gasteiger partial charge in [-0.2, -0.15) is 4.98 Å². The zero-order chi connectivity index (χ0) is 20.4. The number of hydrogen-bond acceptors (Lipinski definition) is 8. The first kappa shape index (κ1) is 19.8. The fraction of sp³-hybridized carbons (Fsp3) is 0.250. The molecular formula is C20H19BrN4O3S. The summed E-state index contributed by atoms with van der Waals surface area (Å²) in [6.07, 6.45) is 1.41. The van der Waals surface area contributed by atoms with E-state index in [4.69, 9.17) is 14.2 Å². The summed E-state index contributed by atoms with van der Waals surface area (Å²) in [6, 6.07) is 11.6. The third-order valence-corrected chi connectivity index (χ3v) is 5.39. The molecule has 0 aliphatic carbocycles. The third-order valence-electron chi connectivity index (χ3n) is 4.36. The Morgan fingerprint density at radius 1 is 1.17 bits per heavy atom. The van der Waals surface area contributed by atoms with Crippen molar-refractivity contribution in [2.45, 2.75) is 18.3 Å². The van der Waals surface area contributed by atoms with Crippen molar-refractivity contribution in [2.75, 3.05) is 25.3 Å². The highest BCUT2D eigenvalue weighted by atomic mass is 79.9. The second kappa shape index (κ2) is 8.46. The van der Waals surface area contributed by atoms with Crippen LogP contribution < -0.4 is 19.5 Å². The minimum atomic E-state index is -0.493. The van der Waals surface area contributed by atoms with Crippen LogP contribution >= 0.6 is 27.7 Å². The number of benzene rings is 2. The Labute approximate surface area is 181 Å². The van der Waals surface area contributed by atoms with Crippen LogP contribution in [0.3, 0.4) is 0 Å². The van der Waals surface area contributed by atoms with E-state index in [2.05, 4.69) is 36.4 Å². The number of fused-ring (bicyclic) bond motifs is 3. The van der Waals surface area contributed by atoms with E-state index in [9.17, 15) is 0 Å². The molecule has 2 aromatic carbocycles. The van der Waals surface area contributed by atoms with E-state index >= 15 is 0 Å². The molecule has 0 saturated heterocycles. The topological polar surface area (TPSA) is 78.4 Å². The summed E-state index contributed by atoms with van der Waals surface area (Å²) in [5.74, 6) is 1.75. The second-order valence-electron chi connectivity index (χ2n) is 6.13. The minimum Gasteiger partial charge on any atom is -0.493 e. The summed E-state index contributed by atoms with van der Waals surface area (Å²) >= 11 is 4.94. The predicted octanol–water partition coefficient (Wildman–Crippen LogP) is 4.93. The van der Waals surface area contributed by atoms with Gasteiger partial charge in [-0.05, 0) is 49.6 Å². The average Bonchev–Trinajstić information content (AvgIpc) is 2.90. The van der Waals surface area contributed by atoms with Gasteiger partial charge in [-0.1, -0.05) is 27.7 Å². The monoisotopic (exact) mass is 474 g/mol. The molecule has 4 rings (SSSR count). The second-order valence-corrected chi connectivity index (χ2v) is 7.82. The van der Waals surface area contributed by atoms with Crippen molar-refractivity contribution >= 4 is 33.4 Å². The van der Waals surface area contributed by atoms with E-state index < -0.39 is 6.23 Å². The molecule has 0 radical (unpaired) electrons. The lowest BCUT2D eigenvalue weighted by molar-refractivity contribution is 0.224. The van der Waals surface area contributed by atoms with Crippen molar-refractivity contribution < 1.29 is 14.2 Å². The standard InChI is InChI=1S/C20H19BrN4O3S/c1-4-27-16-9-11(5-8-15(16)26-2)18-22-14-7-6-12(21)10-13(14)17-19(28-18)23-20(29-3)25-24-17/h5-10,18,22H,4H2,1-3H3. The SMILES string of the molecule is CCOc1cc(C2Nc3ccc(Br)cc3-c3nnc(SC)nc3O2)ccc1OC. The Kier molecular flexibility index (Phi) is 5.77. The van der Waals surface area contributed by atoms with Gasteiger partial charge in [0, 0.05) is 21.3 Å². The first-order chi connectivity index (χ1) is 14.1. The summed E-state index contributed by atoms with van der Waals surface area (Å²) in [7, 11) is 1.62. The zero-order valence-corrected chi connectivity index (χ0v) is 18.5. The molecule has 1 aliphatic heterocycles.